The number of rotatable bonds is 4. The number of ether oxygens (including phenoxy) is 3. The van der Waals surface area contributed by atoms with E-state index in [0.29, 0.717) is 22.4 Å². The number of fused-ring (bicyclic) bond motifs is 3. The lowest BCUT2D eigenvalue weighted by Gasteiger charge is -2.26. The summed E-state index contributed by atoms with van der Waals surface area (Å²) in [6.07, 6.45) is 1.31. The van der Waals surface area contributed by atoms with Gasteiger partial charge >= 0.3 is 5.97 Å². The Balaban J connectivity index is 1.73. The van der Waals surface area contributed by atoms with Crippen LogP contribution in [0.5, 0.6) is 28.7 Å². The fraction of sp³-hybridized carbons (Fsp3) is 0.154. The monoisotopic (exact) mass is 460 g/mol. The van der Waals surface area contributed by atoms with Gasteiger partial charge in [0.1, 0.15) is 34.5 Å². The normalized spacial score (nSPS) is 15.0. The topological polar surface area (TPSA) is 115 Å². The smallest absolute Gasteiger partial charge is 0.312 e. The van der Waals surface area contributed by atoms with Crippen LogP contribution < -0.4 is 19.6 Å². The van der Waals surface area contributed by atoms with Gasteiger partial charge in [0.15, 0.2) is 11.5 Å². The van der Waals surface area contributed by atoms with Crippen molar-refractivity contribution in [2.75, 3.05) is 14.2 Å². The van der Waals surface area contributed by atoms with E-state index in [1.165, 1.54) is 25.5 Å². The Labute approximate surface area is 193 Å². The molecule has 2 N–H and O–H groups in total. The highest BCUT2D eigenvalue weighted by Gasteiger charge is 2.34. The third-order valence-corrected chi connectivity index (χ3v) is 5.98. The van der Waals surface area contributed by atoms with Crippen molar-refractivity contribution >= 4 is 16.9 Å². The first-order chi connectivity index (χ1) is 16.4. The van der Waals surface area contributed by atoms with Gasteiger partial charge in [0.25, 0.3) is 0 Å². The average Bonchev–Trinajstić information content (AvgIpc) is 2.84. The summed E-state index contributed by atoms with van der Waals surface area (Å²) in [5.74, 6) is -0.460. The Morgan fingerprint density at radius 1 is 0.941 bits per heavy atom. The van der Waals surface area contributed by atoms with Crippen LogP contribution in [0.15, 0.2) is 64.0 Å². The molecule has 3 aromatic carbocycles. The van der Waals surface area contributed by atoms with Crippen LogP contribution in [-0.4, -0.2) is 30.4 Å². The van der Waals surface area contributed by atoms with Crippen molar-refractivity contribution in [2.45, 2.75) is 12.3 Å². The van der Waals surface area contributed by atoms with E-state index in [1.54, 1.807) is 43.5 Å². The molecule has 0 amide bonds. The lowest BCUT2D eigenvalue weighted by molar-refractivity contribution is -0.135. The van der Waals surface area contributed by atoms with E-state index in [0.717, 1.165) is 0 Å². The minimum absolute atomic E-state index is 0.0132. The molecule has 34 heavy (non-hydrogen) atoms. The van der Waals surface area contributed by atoms with E-state index in [2.05, 4.69) is 0 Å². The first-order valence-electron chi connectivity index (χ1n) is 10.4. The molecule has 1 aromatic heterocycles. The summed E-state index contributed by atoms with van der Waals surface area (Å²) in [4.78, 5) is 25.8. The number of hydrogen-bond donors (Lipinski definition) is 2. The van der Waals surface area contributed by atoms with Gasteiger partial charge in [0, 0.05) is 17.5 Å². The summed E-state index contributed by atoms with van der Waals surface area (Å²) in [6.45, 7) is 0. The molecule has 5 rings (SSSR count). The van der Waals surface area contributed by atoms with Crippen LogP contribution in [-0.2, 0) is 4.79 Å². The molecule has 1 aliphatic heterocycles. The SMILES string of the molecule is COc1ccc(-c2coc3c4c(cc(O)c3c2=O)OC(=O)CC4c2ccc(O)c(OC)c2)cc1. The van der Waals surface area contributed by atoms with Crippen molar-refractivity contribution in [3.8, 4) is 39.9 Å². The standard InChI is InChI=1S/C26H20O8/c1-31-15-6-3-13(4-7-15)17-12-33-26-23-16(14-5-8-18(27)20(9-14)32-2)10-22(29)34-21(23)11-19(28)24(26)25(17)30/h3-9,11-12,16,27-28H,10H2,1-2H3. The third kappa shape index (κ3) is 3.40. The number of aromatic hydroxyl groups is 2. The van der Waals surface area contributed by atoms with E-state index >= 15 is 0 Å². The van der Waals surface area contributed by atoms with Crippen LogP contribution in [0, 0.1) is 0 Å². The van der Waals surface area contributed by atoms with Crippen LogP contribution in [0.2, 0.25) is 0 Å². The van der Waals surface area contributed by atoms with E-state index in [-0.39, 0.29) is 46.0 Å². The van der Waals surface area contributed by atoms with Gasteiger partial charge in [0.2, 0.25) is 5.43 Å². The summed E-state index contributed by atoms with van der Waals surface area (Å²) in [7, 11) is 2.97. The lowest BCUT2D eigenvalue weighted by Crippen LogP contribution is -2.22. The molecule has 2 heterocycles. The lowest BCUT2D eigenvalue weighted by atomic mass is 9.84. The van der Waals surface area contributed by atoms with Crippen LogP contribution in [0.4, 0.5) is 0 Å². The number of esters is 1. The summed E-state index contributed by atoms with van der Waals surface area (Å²) in [5, 5.41) is 20.7. The maximum Gasteiger partial charge on any atom is 0.312 e. The number of carbonyl (C=O) groups is 1. The minimum atomic E-state index is -0.552. The quantitative estimate of drug-likeness (QED) is 0.342. The van der Waals surface area contributed by atoms with Crippen molar-refractivity contribution in [1.29, 1.82) is 0 Å². The van der Waals surface area contributed by atoms with Crippen molar-refractivity contribution in [2.24, 2.45) is 0 Å². The van der Waals surface area contributed by atoms with Gasteiger partial charge in [-0.05, 0) is 35.4 Å². The maximum absolute atomic E-state index is 13.4. The van der Waals surface area contributed by atoms with Crippen LogP contribution in [0.1, 0.15) is 23.5 Å². The van der Waals surface area contributed by atoms with Gasteiger partial charge in [-0.15, -0.1) is 0 Å². The molecular weight excluding hydrogens is 440 g/mol. The Hall–Kier alpha value is -4.46. The van der Waals surface area contributed by atoms with Crippen LogP contribution >= 0.6 is 0 Å². The second-order valence-electron chi connectivity index (χ2n) is 7.88. The molecule has 1 aliphatic rings. The number of phenols is 2. The Morgan fingerprint density at radius 3 is 2.41 bits per heavy atom. The highest BCUT2D eigenvalue weighted by atomic mass is 16.5. The number of benzene rings is 3. The Bertz CT molecular complexity index is 1480. The van der Waals surface area contributed by atoms with Crippen molar-refractivity contribution in [1.82, 2.24) is 0 Å². The van der Waals surface area contributed by atoms with Gasteiger partial charge in [0.05, 0.1) is 26.2 Å². The number of hydrogen-bond acceptors (Lipinski definition) is 8. The van der Waals surface area contributed by atoms with Gasteiger partial charge < -0.3 is 28.8 Å². The molecule has 0 saturated carbocycles. The van der Waals surface area contributed by atoms with Gasteiger partial charge in [-0.3, -0.25) is 9.59 Å². The summed E-state index contributed by atoms with van der Waals surface area (Å²) in [5.41, 5.74) is 1.67. The molecule has 1 atom stereocenters. The second kappa shape index (κ2) is 8.15. The summed E-state index contributed by atoms with van der Waals surface area (Å²) >= 11 is 0. The molecule has 0 bridgehead atoms. The Morgan fingerprint density at radius 2 is 1.71 bits per heavy atom. The fourth-order valence-electron chi connectivity index (χ4n) is 4.30. The molecule has 4 aromatic rings. The molecule has 8 nitrogen and oxygen atoms in total. The largest absolute Gasteiger partial charge is 0.507 e. The summed E-state index contributed by atoms with van der Waals surface area (Å²) in [6, 6.07) is 12.9. The van der Waals surface area contributed by atoms with Gasteiger partial charge in [-0.1, -0.05) is 18.2 Å². The molecule has 172 valence electrons. The molecular formula is C26H20O8. The molecule has 8 heteroatoms. The minimum Gasteiger partial charge on any atom is -0.507 e. The molecule has 1 unspecified atom stereocenters. The number of carbonyl (C=O) groups excluding carboxylic acids is 1. The molecule has 0 spiro atoms. The van der Waals surface area contributed by atoms with E-state index in [9.17, 15) is 19.8 Å². The Kier molecular flexibility index (Phi) is 5.13. The average molecular weight is 460 g/mol. The summed E-state index contributed by atoms with van der Waals surface area (Å²) < 4.78 is 21.7. The predicted octanol–water partition coefficient (Wildman–Crippen LogP) is 4.33. The van der Waals surface area contributed by atoms with Crippen molar-refractivity contribution in [3.05, 3.63) is 76.1 Å². The molecule has 0 saturated heterocycles. The zero-order chi connectivity index (χ0) is 24.0. The highest BCUT2D eigenvalue weighted by molar-refractivity contribution is 5.94. The fourth-order valence-corrected chi connectivity index (χ4v) is 4.30. The van der Waals surface area contributed by atoms with E-state index < -0.39 is 17.3 Å². The number of phenolic OH excluding ortho intramolecular Hbond substituents is 2. The van der Waals surface area contributed by atoms with Gasteiger partial charge in [-0.25, -0.2) is 0 Å². The zero-order valence-corrected chi connectivity index (χ0v) is 18.3. The van der Waals surface area contributed by atoms with E-state index in [4.69, 9.17) is 18.6 Å². The third-order valence-electron chi connectivity index (χ3n) is 5.98. The highest BCUT2D eigenvalue weighted by Crippen LogP contribution is 2.46. The first-order valence-corrected chi connectivity index (χ1v) is 10.4. The maximum atomic E-state index is 13.4. The van der Waals surface area contributed by atoms with E-state index in [1.807, 2.05) is 0 Å². The molecule has 0 radical (unpaired) electrons. The molecule has 0 aliphatic carbocycles. The van der Waals surface area contributed by atoms with Crippen LogP contribution in [0.3, 0.4) is 0 Å². The first kappa shape index (κ1) is 21.4. The molecule has 0 fully saturated rings. The number of methoxy groups -OCH3 is 2. The van der Waals surface area contributed by atoms with Gasteiger partial charge in [-0.2, -0.15) is 0 Å². The van der Waals surface area contributed by atoms with Crippen molar-refractivity contribution in [3.63, 3.8) is 0 Å². The van der Waals surface area contributed by atoms with Crippen LogP contribution in [0.25, 0.3) is 22.1 Å². The predicted molar refractivity (Wildman–Crippen MR) is 123 cm³/mol. The van der Waals surface area contributed by atoms with Crippen molar-refractivity contribution < 1.29 is 33.6 Å². The second-order valence-corrected chi connectivity index (χ2v) is 7.88. The zero-order valence-electron chi connectivity index (χ0n) is 18.3.